The third kappa shape index (κ3) is 8.97. The number of hydrogen-bond donors (Lipinski definition) is 2. The van der Waals surface area contributed by atoms with Gasteiger partial charge >= 0.3 is 6.09 Å². The largest absolute Gasteiger partial charge is 0.444 e. The Bertz CT molecular complexity index is 1220. The van der Waals surface area contributed by atoms with E-state index in [0.717, 1.165) is 37.8 Å². The number of hydrogen-bond acceptors (Lipinski definition) is 7. The van der Waals surface area contributed by atoms with Gasteiger partial charge in [0.05, 0.1) is 18.8 Å². The molecule has 0 radical (unpaired) electrons. The van der Waals surface area contributed by atoms with Crippen molar-refractivity contribution >= 4 is 23.8 Å². The van der Waals surface area contributed by atoms with Crippen LogP contribution in [0.4, 0.5) is 4.79 Å². The molecule has 0 unspecified atom stereocenters. The molecule has 2 N–H and O–H groups in total. The van der Waals surface area contributed by atoms with E-state index in [-0.39, 0.29) is 36.4 Å². The van der Waals surface area contributed by atoms with Crippen molar-refractivity contribution in [1.29, 1.82) is 0 Å². The SMILES string of the molecule is C[C@@H](C(=O)N[C@H]1C[C@H](OCCN(C)C)CC[C@H]2CC[C@@H](C(=O)N[C@@H]3CCCc4ccccc43)N2C1=O)N(C)C(=O)OC(C)(C)C. The molecule has 250 valence electrons. The predicted molar refractivity (Wildman–Crippen MR) is 171 cm³/mol. The molecule has 2 heterocycles. The fourth-order valence-electron chi connectivity index (χ4n) is 6.60. The highest BCUT2D eigenvalue weighted by molar-refractivity contribution is 5.94. The Morgan fingerprint density at radius 3 is 2.42 bits per heavy atom. The van der Waals surface area contributed by atoms with E-state index >= 15 is 0 Å². The molecule has 1 aromatic carbocycles. The number of nitrogens with one attached hydrogen (secondary N) is 2. The van der Waals surface area contributed by atoms with Gasteiger partial charge in [-0.1, -0.05) is 24.3 Å². The Kier molecular flexibility index (Phi) is 11.5. The van der Waals surface area contributed by atoms with E-state index in [9.17, 15) is 19.2 Å². The number of carbonyl (C=O) groups excluding carboxylic acids is 4. The van der Waals surface area contributed by atoms with Gasteiger partial charge in [-0.15, -0.1) is 0 Å². The van der Waals surface area contributed by atoms with Gasteiger partial charge < -0.3 is 29.9 Å². The molecule has 0 saturated carbocycles. The van der Waals surface area contributed by atoms with Crippen molar-refractivity contribution in [2.45, 2.75) is 121 Å². The van der Waals surface area contributed by atoms with Crippen molar-refractivity contribution in [3.8, 4) is 0 Å². The predicted octanol–water partition coefficient (Wildman–Crippen LogP) is 3.41. The highest BCUT2D eigenvalue weighted by Crippen LogP contribution is 2.34. The minimum atomic E-state index is -0.900. The highest BCUT2D eigenvalue weighted by Gasteiger charge is 2.46. The van der Waals surface area contributed by atoms with Crippen LogP contribution in [0.5, 0.6) is 0 Å². The Morgan fingerprint density at radius 1 is 1.00 bits per heavy atom. The molecular formula is C34H53N5O6. The first-order chi connectivity index (χ1) is 21.2. The molecule has 0 aromatic heterocycles. The summed E-state index contributed by atoms with van der Waals surface area (Å²) in [7, 11) is 5.46. The Morgan fingerprint density at radius 2 is 1.71 bits per heavy atom. The van der Waals surface area contributed by atoms with Gasteiger partial charge in [-0.05, 0) is 97.9 Å². The lowest BCUT2D eigenvalue weighted by molar-refractivity contribution is -0.146. The molecule has 0 bridgehead atoms. The summed E-state index contributed by atoms with van der Waals surface area (Å²) in [6.45, 7) is 8.14. The Balaban J connectivity index is 1.51. The van der Waals surface area contributed by atoms with Crippen LogP contribution in [-0.2, 0) is 30.3 Å². The highest BCUT2D eigenvalue weighted by atomic mass is 16.6. The summed E-state index contributed by atoms with van der Waals surface area (Å²) in [4.78, 5) is 59.3. The number of ether oxygens (including phenoxy) is 2. The van der Waals surface area contributed by atoms with Gasteiger partial charge in [0.15, 0.2) is 0 Å². The molecule has 4 amide bonds. The molecule has 2 fully saturated rings. The summed E-state index contributed by atoms with van der Waals surface area (Å²) in [6.07, 6.45) is 5.02. The molecule has 4 rings (SSSR count). The van der Waals surface area contributed by atoms with Crippen LogP contribution in [0, 0.1) is 0 Å². The van der Waals surface area contributed by atoms with Crippen LogP contribution in [-0.4, -0.2) is 109 Å². The average Bonchev–Trinajstić information content (AvgIpc) is 3.40. The van der Waals surface area contributed by atoms with E-state index in [0.29, 0.717) is 25.9 Å². The average molecular weight is 628 g/mol. The van der Waals surface area contributed by atoms with Gasteiger partial charge in [0, 0.05) is 26.1 Å². The zero-order chi connectivity index (χ0) is 32.9. The maximum atomic E-state index is 14.3. The van der Waals surface area contributed by atoms with Crippen molar-refractivity contribution in [1.82, 2.24) is 25.3 Å². The van der Waals surface area contributed by atoms with Crippen LogP contribution in [0.3, 0.4) is 0 Å². The molecule has 0 spiro atoms. The standard InChI is InChI=1S/C34H53N5O6/c1-22(38(7)33(43)45-34(2,3)4)30(40)36-28-21-25(44-20-19-37(5)6)17-15-24-16-18-29(39(24)32(28)42)31(41)35-27-14-10-12-23-11-8-9-13-26(23)27/h8-9,11,13,22,24-25,27-29H,10,12,14-21H2,1-7H3,(H,35,41)(H,36,40)/t22-,24-,25+,27+,28-,29-/m0/s1. The zero-order valence-electron chi connectivity index (χ0n) is 28.1. The maximum Gasteiger partial charge on any atom is 0.410 e. The Hall–Kier alpha value is -3.18. The normalized spacial score (nSPS) is 25.8. The summed E-state index contributed by atoms with van der Waals surface area (Å²) in [5.41, 5.74) is 1.69. The number of rotatable bonds is 9. The zero-order valence-corrected chi connectivity index (χ0v) is 28.1. The smallest absolute Gasteiger partial charge is 0.410 e. The van der Waals surface area contributed by atoms with Gasteiger partial charge in [0.2, 0.25) is 17.7 Å². The molecule has 1 aromatic rings. The fourth-order valence-corrected chi connectivity index (χ4v) is 6.60. The van der Waals surface area contributed by atoms with E-state index in [1.54, 1.807) is 32.6 Å². The van der Waals surface area contributed by atoms with Gasteiger partial charge in [-0.25, -0.2) is 4.79 Å². The molecule has 11 heteroatoms. The quantitative estimate of drug-likeness (QED) is 0.431. The number of nitrogens with zero attached hydrogens (tertiary/aromatic N) is 3. The number of likely N-dealkylation sites (N-methyl/N-ethyl adjacent to an activating group) is 2. The second-order valence-electron chi connectivity index (χ2n) is 14.1. The lowest BCUT2D eigenvalue weighted by Gasteiger charge is -2.38. The summed E-state index contributed by atoms with van der Waals surface area (Å²) < 4.78 is 11.7. The Labute approximate surface area is 268 Å². The van der Waals surface area contributed by atoms with Crippen molar-refractivity contribution in [3.05, 3.63) is 35.4 Å². The summed E-state index contributed by atoms with van der Waals surface area (Å²) in [5.74, 6) is -0.886. The first-order valence-corrected chi connectivity index (χ1v) is 16.5. The summed E-state index contributed by atoms with van der Waals surface area (Å²) in [6, 6.07) is 5.64. The van der Waals surface area contributed by atoms with Gasteiger partial charge in [0.25, 0.3) is 0 Å². The maximum absolute atomic E-state index is 14.3. The van der Waals surface area contributed by atoms with Crippen LogP contribution >= 0.6 is 0 Å². The van der Waals surface area contributed by atoms with Crippen LogP contribution in [0.15, 0.2) is 24.3 Å². The lowest BCUT2D eigenvalue weighted by atomic mass is 9.87. The van der Waals surface area contributed by atoms with Crippen LogP contribution in [0.1, 0.15) is 89.8 Å². The first kappa shape index (κ1) is 34.7. The van der Waals surface area contributed by atoms with E-state index in [1.807, 2.05) is 31.1 Å². The second-order valence-corrected chi connectivity index (χ2v) is 14.1. The molecule has 2 saturated heterocycles. The van der Waals surface area contributed by atoms with Crippen molar-refractivity contribution in [2.24, 2.45) is 0 Å². The monoisotopic (exact) mass is 627 g/mol. The van der Waals surface area contributed by atoms with E-state index in [2.05, 4.69) is 22.8 Å². The van der Waals surface area contributed by atoms with Crippen molar-refractivity contribution < 1.29 is 28.7 Å². The minimum Gasteiger partial charge on any atom is -0.444 e. The van der Waals surface area contributed by atoms with E-state index in [1.165, 1.54) is 17.5 Å². The second kappa shape index (κ2) is 14.9. The van der Waals surface area contributed by atoms with Crippen LogP contribution < -0.4 is 10.6 Å². The summed E-state index contributed by atoms with van der Waals surface area (Å²) >= 11 is 0. The lowest BCUT2D eigenvalue weighted by Crippen LogP contribution is -2.59. The van der Waals surface area contributed by atoms with Crippen molar-refractivity contribution in [2.75, 3.05) is 34.3 Å². The third-order valence-electron chi connectivity index (χ3n) is 9.21. The molecule has 6 atom stereocenters. The van der Waals surface area contributed by atoms with Gasteiger partial charge in [0.1, 0.15) is 23.7 Å². The van der Waals surface area contributed by atoms with Crippen molar-refractivity contribution in [3.63, 3.8) is 0 Å². The van der Waals surface area contributed by atoms with Crippen LogP contribution in [0.2, 0.25) is 0 Å². The van der Waals surface area contributed by atoms with E-state index in [4.69, 9.17) is 9.47 Å². The number of benzene rings is 1. The topological polar surface area (TPSA) is 121 Å². The number of fused-ring (bicyclic) bond motifs is 2. The molecule has 1 aliphatic carbocycles. The van der Waals surface area contributed by atoms with E-state index < -0.39 is 35.7 Å². The number of aryl methyl sites for hydroxylation is 1. The number of carbonyl (C=O) groups is 4. The third-order valence-corrected chi connectivity index (χ3v) is 9.21. The minimum absolute atomic E-state index is 0.0828. The molecule has 45 heavy (non-hydrogen) atoms. The molecule has 11 nitrogen and oxygen atoms in total. The fraction of sp³-hybridized carbons (Fsp3) is 0.706. The molecule has 3 aliphatic rings. The summed E-state index contributed by atoms with van der Waals surface area (Å²) in [5, 5.41) is 6.19. The molecular weight excluding hydrogens is 574 g/mol. The first-order valence-electron chi connectivity index (χ1n) is 16.5. The van der Waals surface area contributed by atoms with Gasteiger partial charge in [-0.2, -0.15) is 0 Å². The molecule has 2 aliphatic heterocycles. The van der Waals surface area contributed by atoms with Gasteiger partial charge in [-0.3, -0.25) is 19.3 Å². The van der Waals surface area contributed by atoms with Crippen LogP contribution in [0.25, 0.3) is 0 Å². The number of amides is 4.